The largest absolute Gasteiger partial charge is 0.496 e. The molecule has 2 aromatic rings. The highest BCUT2D eigenvalue weighted by Gasteiger charge is 2.30. The molecule has 10 heteroatoms. The van der Waals surface area contributed by atoms with Gasteiger partial charge in [-0.25, -0.2) is 18.4 Å². The Morgan fingerprint density at radius 1 is 1.16 bits per heavy atom. The number of benzene rings is 1. The first-order chi connectivity index (χ1) is 11.6. The summed E-state index contributed by atoms with van der Waals surface area (Å²) >= 11 is 0. The van der Waals surface area contributed by atoms with Gasteiger partial charge in [0.2, 0.25) is 0 Å². The van der Waals surface area contributed by atoms with E-state index in [4.69, 9.17) is 10.5 Å². The van der Waals surface area contributed by atoms with E-state index in [0.29, 0.717) is 0 Å². The van der Waals surface area contributed by atoms with Crippen LogP contribution < -0.4 is 16.0 Å². The van der Waals surface area contributed by atoms with Crippen molar-refractivity contribution >= 4 is 17.8 Å². The molecule has 8 nitrogen and oxygen atoms in total. The van der Waals surface area contributed by atoms with Gasteiger partial charge in [-0.05, 0) is 13.0 Å². The van der Waals surface area contributed by atoms with Crippen LogP contribution in [-0.2, 0) is 0 Å². The fraction of sp³-hybridized carbons (Fsp3) is 0.133. The molecule has 5 N–H and O–H groups in total. The lowest BCUT2D eigenvalue weighted by Crippen LogP contribution is -2.24. The summed E-state index contributed by atoms with van der Waals surface area (Å²) in [5, 5.41) is 18.5. The highest BCUT2D eigenvalue weighted by molar-refractivity contribution is 6.07. The smallest absolute Gasteiger partial charge is 0.342 e. The Balaban J connectivity index is 3.12. The summed E-state index contributed by atoms with van der Waals surface area (Å²) in [5.41, 5.74) is 0.386. The second kappa shape index (κ2) is 6.23. The minimum atomic E-state index is -1.84. The average molecular weight is 354 g/mol. The summed E-state index contributed by atoms with van der Waals surface area (Å²) in [4.78, 5) is 36.7. The van der Waals surface area contributed by atoms with Gasteiger partial charge < -0.3 is 25.7 Å². The Kier molecular flexibility index (Phi) is 4.46. The predicted octanol–water partition coefficient (Wildman–Crippen LogP) is 1.62. The lowest BCUT2D eigenvalue weighted by molar-refractivity contribution is 0.0695. The molecule has 2 rings (SSSR count). The van der Waals surface area contributed by atoms with Gasteiger partial charge in [-0.15, -0.1) is 0 Å². The van der Waals surface area contributed by atoms with E-state index in [1.165, 1.54) is 6.92 Å². The first-order valence-electron chi connectivity index (χ1n) is 6.67. The number of carboxylic acid groups (broad SMARTS) is 2. The zero-order valence-corrected chi connectivity index (χ0v) is 12.9. The summed E-state index contributed by atoms with van der Waals surface area (Å²) in [6.45, 7) is 1.21. The van der Waals surface area contributed by atoms with Crippen molar-refractivity contribution in [3.63, 3.8) is 0 Å². The maximum Gasteiger partial charge on any atom is 0.342 e. The van der Waals surface area contributed by atoms with E-state index in [2.05, 4.69) is 0 Å². The summed E-state index contributed by atoms with van der Waals surface area (Å²) in [6.07, 6.45) is 0. The first kappa shape index (κ1) is 17.9. The van der Waals surface area contributed by atoms with Crippen LogP contribution in [0.5, 0.6) is 5.75 Å². The van der Waals surface area contributed by atoms with Gasteiger partial charge >= 0.3 is 11.9 Å². The summed E-state index contributed by atoms with van der Waals surface area (Å²) in [5.74, 6) is -7.34. The van der Waals surface area contributed by atoms with Crippen LogP contribution in [0.2, 0.25) is 0 Å². The van der Waals surface area contributed by atoms with E-state index < -0.39 is 57.2 Å². The normalized spacial score (nSPS) is 10.6. The van der Waals surface area contributed by atoms with Gasteiger partial charge in [-0.1, -0.05) is 0 Å². The van der Waals surface area contributed by atoms with E-state index >= 15 is 0 Å². The van der Waals surface area contributed by atoms with Crippen LogP contribution in [0.25, 0.3) is 11.1 Å². The van der Waals surface area contributed by atoms with Gasteiger partial charge in [0.05, 0.1) is 7.11 Å². The third-order valence-electron chi connectivity index (χ3n) is 3.57. The molecule has 1 heterocycles. The maximum absolute atomic E-state index is 14.4. The van der Waals surface area contributed by atoms with Gasteiger partial charge in [0.1, 0.15) is 22.7 Å². The minimum Gasteiger partial charge on any atom is -0.496 e. The molecule has 0 unspecified atom stereocenters. The topological polar surface area (TPSA) is 143 Å². The van der Waals surface area contributed by atoms with E-state index in [-0.39, 0.29) is 11.3 Å². The van der Waals surface area contributed by atoms with Crippen molar-refractivity contribution in [2.24, 2.45) is 0 Å². The third kappa shape index (κ3) is 2.77. The number of aromatic carboxylic acids is 2. The van der Waals surface area contributed by atoms with Gasteiger partial charge in [-0.2, -0.15) is 0 Å². The monoisotopic (exact) mass is 354 g/mol. The second-order valence-electron chi connectivity index (χ2n) is 4.98. The van der Waals surface area contributed by atoms with Gasteiger partial charge in [-0.3, -0.25) is 4.79 Å². The number of hydrogen-bond donors (Lipinski definition) is 4. The molecule has 0 atom stereocenters. The van der Waals surface area contributed by atoms with E-state index in [1.54, 1.807) is 0 Å². The van der Waals surface area contributed by atoms with Crippen LogP contribution >= 0.6 is 0 Å². The number of aromatic nitrogens is 1. The number of anilines is 1. The minimum absolute atomic E-state index is 0.166. The van der Waals surface area contributed by atoms with Crippen molar-refractivity contribution in [2.45, 2.75) is 6.92 Å². The van der Waals surface area contributed by atoms with Crippen molar-refractivity contribution in [3.8, 4) is 16.9 Å². The molecule has 0 saturated carbocycles. The Hall–Kier alpha value is -3.43. The van der Waals surface area contributed by atoms with Gasteiger partial charge in [0.15, 0.2) is 11.6 Å². The molecule has 0 bridgehead atoms. The zero-order valence-electron chi connectivity index (χ0n) is 12.9. The Bertz CT molecular complexity index is 968. The molecule has 1 aromatic carbocycles. The van der Waals surface area contributed by atoms with Crippen LogP contribution in [0.1, 0.15) is 26.3 Å². The average Bonchev–Trinajstić information content (AvgIpc) is 2.51. The Labute approximate surface area is 138 Å². The molecule has 1 aromatic heterocycles. The number of nitrogens with one attached hydrogen (secondary N) is 1. The highest BCUT2D eigenvalue weighted by atomic mass is 19.2. The molecule has 0 saturated heterocycles. The molecule has 0 spiro atoms. The summed E-state index contributed by atoms with van der Waals surface area (Å²) < 4.78 is 33.5. The fourth-order valence-electron chi connectivity index (χ4n) is 2.40. The number of hydrogen-bond acceptors (Lipinski definition) is 5. The molecule has 0 aliphatic carbocycles. The number of halogens is 2. The standard InChI is InChI=1S/C15H12F2N2O6/c1-4-6(25-2)3-5(11(17)10(4)16)7-8(14(21)22)12(18)19-13(20)9(7)15(23)24/h3H,1-2H3,(H,21,22)(H,23,24)(H3,18,19,20). The predicted molar refractivity (Wildman–Crippen MR) is 82.0 cm³/mol. The van der Waals surface area contributed by atoms with E-state index in [9.17, 15) is 33.4 Å². The first-order valence-corrected chi connectivity index (χ1v) is 6.67. The van der Waals surface area contributed by atoms with Crippen molar-refractivity contribution in [2.75, 3.05) is 12.8 Å². The molecule has 0 amide bonds. The number of H-pyrrole nitrogens is 1. The lowest BCUT2D eigenvalue weighted by atomic mass is 9.93. The fourth-order valence-corrected chi connectivity index (χ4v) is 2.40. The number of nitrogens with two attached hydrogens (primary N) is 1. The van der Waals surface area contributed by atoms with Crippen molar-refractivity contribution in [1.82, 2.24) is 4.98 Å². The van der Waals surface area contributed by atoms with Crippen LogP contribution in [0.3, 0.4) is 0 Å². The SMILES string of the molecule is COc1cc(-c2c(C(=O)O)c(N)[nH]c(=O)c2C(=O)O)c(F)c(F)c1C. The van der Waals surface area contributed by atoms with E-state index in [0.717, 1.165) is 13.2 Å². The number of aromatic amines is 1. The molecular weight excluding hydrogens is 342 g/mol. The molecule has 0 aliphatic rings. The zero-order chi connectivity index (χ0) is 19.0. The Morgan fingerprint density at radius 2 is 1.72 bits per heavy atom. The van der Waals surface area contributed by atoms with Crippen LogP contribution in [0, 0.1) is 18.6 Å². The molecule has 0 aliphatic heterocycles. The number of ether oxygens (including phenoxy) is 1. The highest BCUT2D eigenvalue weighted by Crippen LogP contribution is 2.36. The van der Waals surface area contributed by atoms with Crippen molar-refractivity contribution in [1.29, 1.82) is 0 Å². The summed E-state index contributed by atoms with van der Waals surface area (Å²) in [6, 6.07) is 0.904. The molecule has 25 heavy (non-hydrogen) atoms. The van der Waals surface area contributed by atoms with Crippen LogP contribution in [0.4, 0.5) is 14.6 Å². The summed E-state index contributed by atoms with van der Waals surface area (Å²) in [7, 11) is 1.16. The van der Waals surface area contributed by atoms with Crippen molar-refractivity contribution < 1.29 is 33.3 Å². The number of nitrogen functional groups attached to an aromatic ring is 1. The molecule has 132 valence electrons. The van der Waals surface area contributed by atoms with Crippen LogP contribution in [0.15, 0.2) is 10.9 Å². The number of pyridine rings is 1. The van der Waals surface area contributed by atoms with Crippen molar-refractivity contribution in [3.05, 3.63) is 44.7 Å². The number of rotatable bonds is 4. The number of methoxy groups -OCH3 is 1. The van der Waals surface area contributed by atoms with Crippen LogP contribution in [-0.4, -0.2) is 34.2 Å². The van der Waals surface area contributed by atoms with E-state index in [1.807, 2.05) is 4.98 Å². The molecule has 0 radical (unpaired) electrons. The van der Waals surface area contributed by atoms with Gasteiger partial charge in [0, 0.05) is 16.7 Å². The number of carbonyl (C=O) groups is 2. The quantitative estimate of drug-likeness (QED) is 0.653. The second-order valence-corrected chi connectivity index (χ2v) is 4.98. The number of carboxylic acids is 2. The Morgan fingerprint density at radius 3 is 2.20 bits per heavy atom. The molecular formula is C15H12F2N2O6. The maximum atomic E-state index is 14.4. The lowest BCUT2D eigenvalue weighted by Gasteiger charge is -2.15. The molecule has 0 fully saturated rings. The third-order valence-corrected chi connectivity index (χ3v) is 3.57. The van der Waals surface area contributed by atoms with Gasteiger partial charge in [0.25, 0.3) is 5.56 Å².